The fourth-order valence-electron chi connectivity index (χ4n) is 1.55. The second-order valence-corrected chi connectivity index (χ2v) is 4.83. The van der Waals surface area contributed by atoms with Crippen molar-refractivity contribution in [2.45, 2.75) is 6.42 Å². The van der Waals surface area contributed by atoms with E-state index in [9.17, 15) is 4.79 Å². The number of ether oxygens (including phenoxy) is 1. The van der Waals surface area contributed by atoms with Crippen LogP contribution in [0.4, 0.5) is 5.69 Å². The molecule has 1 amide bonds. The highest BCUT2D eigenvalue weighted by Gasteiger charge is 2.05. The van der Waals surface area contributed by atoms with Crippen LogP contribution >= 0.6 is 11.3 Å². The van der Waals surface area contributed by atoms with Gasteiger partial charge >= 0.3 is 0 Å². The van der Waals surface area contributed by atoms with E-state index in [1.165, 1.54) is 10.9 Å². The molecular weight excluding hydrogens is 248 g/mol. The number of thiophene rings is 1. The third kappa shape index (κ3) is 3.01. The van der Waals surface area contributed by atoms with E-state index in [2.05, 4.69) is 6.07 Å². The second kappa shape index (κ2) is 5.55. The first-order chi connectivity index (χ1) is 8.66. The lowest BCUT2D eigenvalue weighted by Gasteiger charge is -2.09. The van der Waals surface area contributed by atoms with Gasteiger partial charge < -0.3 is 16.2 Å². The van der Waals surface area contributed by atoms with Gasteiger partial charge in [0.15, 0.2) is 0 Å². The molecule has 1 aromatic carbocycles. The van der Waals surface area contributed by atoms with Crippen molar-refractivity contribution in [1.82, 2.24) is 0 Å². The molecular formula is C13H14N2O2S. The van der Waals surface area contributed by atoms with Crippen molar-refractivity contribution < 1.29 is 9.53 Å². The number of rotatable bonds is 5. The van der Waals surface area contributed by atoms with Gasteiger partial charge in [-0.2, -0.15) is 0 Å². The zero-order valence-corrected chi connectivity index (χ0v) is 10.6. The van der Waals surface area contributed by atoms with Crippen LogP contribution in [0, 0.1) is 0 Å². The van der Waals surface area contributed by atoms with Crippen LogP contribution in [0.2, 0.25) is 0 Å². The second-order valence-electron chi connectivity index (χ2n) is 3.79. The molecule has 4 N–H and O–H groups in total. The van der Waals surface area contributed by atoms with Gasteiger partial charge in [0.1, 0.15) is 5.75 Å². The van der Waals surface area contributed by atoms with Gasteiger partial charge in [0, 0.05) is 16.9 Å². The molecule has 5 heteroatoms. The Morgan fingerprint density at radius 2 is 2.17 bits per heavy atom. The Hall–Kier alpha value is -2.01. The van der Waals surface area contributed by atoms with Gasteiger partial charge in [0.25, 0.3) is 0 Å². The number of amides is 1. The summed E-state index contributed by atoms with van der Waals surface area (Å²) in [5.74, 6) is 0.0865. The van der Waals surface area contributed by atoms with Gasteiger partial charge in [0.05, 0.1) is 12.3 Å². The molecule has 0 aliphatic heterocycles. The van der Waals surface area contributed by atoms with Crippen molar-refractivity contribution in [3.8, 4) is 5.75 Å². The molecule has 0 aliphatic rings. The van der Waals surface area contributed by atoms with Gasteiger partial charge in [-0.1, -0.05) is 6.07 Å². The van der Waals surface area contributed by atoms with E-state index in [1.54, 1.807) is 23.5 Å². The molecule has 2 rings (SSSR count). The molecule has 0 unspecified atom stereocenters. The van der Waals surface area contributed by atoms with Crippen LogP contribution < -0.4 is 16.2 Å². The first-order valence-corrected chi connectivity index (χ1v) is 6.39. The smallest absolute Gasteiger partial charge is 0.248 e. The molecule has 18 heavy (non-hydrogen) atoms. The lowest BCUT2D eigenvalue weighted by molar-refractivity contribution is 0.100. The van der Waals surface area contributed by atoms with Crippen molar-refractivity contribution in [3.63, 3.8) is 0 Å². The molecule has 1 heterocycles. The summed E-state index contributed by atoms with van der Waals surface area (Å²) in [5.41, 5.74) is 11.8. The van der Waals surface area contributed by atoms with E-state index in [-0.39, 0.29) is 0 Å². The minimum absolute atomic E-state index is 0.387. The molecule has 0 radical (unpaired) electrons. The molecule has 94 valence electrons. The molecule has 0 bridgehead atoms. The van der Waals surface area contributed by atoms with E-state index in [1.807, 2.05) is 11.4 Å². The van der Waals surface area contributed by atoms with Crippen LogP contribution in [-0.2, 0) is 6.42 Å². The topological polar surface area (TPSA) is 78.3 Å². The van der Waals surface area contributed by atoms with Gasteiger partial charge in [-0.3, -0.25) is 4.79 Å². The van der Waals surface area contributed by atoms with Crippen LogP contribution in [0.3, 0.4) is 0 Å². The van der Waals surface area contributed by atoms with Crippen molar-refractivity contribution in [2.75, 3.05) is 12.3 Å². The summed E-state index contributed by atoms with van der Waals surface area (Å²) >= 11 is 1.70. The Morgan fingerprint density at radius 1 is 1.33 bits per heavy atom. The summed E-state index contributed by atoms with van der Waals surface area (Å²) in [6, 6.07) is 8.88. The fraction of sp³-hybridized carbons (Fsp3) is 0.154. The number of benzene rings is 1. The predicted octanol–water partition coefficient (Wildman–Crippen LogP) is 2.05. The average Bonchev–Trinajstić information content (AvgIpc) is 2.84. The average molecular weight is 262 g/mol. The number of nitrogen functional groups attached to an aromatic ring is 1. The lowest BCUT2D eigenvalue weighted by atomic mass is 10.2. The number of primary amides is 1. The zero-order valence-electron chi connectivity index (χ0n) is 9.76. The quantitative estimate of drug-likeness (QED) is 0.809. The standard InChI is InChI=1S/C13H14N2O2S/c14-11-8-9(13(15)16)3-4-12(11)17-6-5-10-2-1-7-18-10/h1-4,7-8H,5-6,14H2,(H2,15,16). The first-order valence-electron chi connectivity index (χ1n) is 5.51. The molecule has 1 aromatic heterocycles. The lowest BCUT2D eigenvalue weighted by Crippen LogP contribution is -2.11. The van der Waals surface area contributed by atoms with Gasteiger partial charge in [-0.25, -0.2) is 0 Å². The number of carbonyl (C=O) groups excluding carboxylic acids is 1. The summed E-state index contributed by atoms with van der Waals surface area (Å²) in [6.07, 6.45) is 0.842. The van der Waals surface area contributed by atoms with Crippen molar-refractivity contribution >= 4 is 22.9 Å². The van der Waals surface area contributed by atoms with E-state index < -0.39 is 5.91 Å². The highest BCUT2D eigenvalue weighted by molar-refractivity contribution is 7.09. The summed E-state index contributed by atoms with van der Waals surface area (Å²) in [4.78, 5) is 12.2. The Labute approximate surface area is 109 Å². The third-order valence-electron chi connectivity index (χ3n) is 2.48. The number of hydrogen-bond donors (Lipinski definition) is 2. The van der Waals surface area contributed by atoms with Crippen LogP contribution in [0.1, 0.15) is 15.2 Å². The SMILES string of the molecule is NC(=O)c1ccc(OCCc2cccs2)c(N)c1. The maximum Gasteiger partial charge on any atom is 0.248 e. The van der Waals surface area contributed by atoms with Crippen LogP contribution in [0.5, 0.6) is 5.75 Å². The van der Waals surface area contributed by atoms with E-state index >= 15 is 0 Å². The zero-order chi connectivity index (χ0) is 13.0. The van der Waals surface area contributed by atoms with E-state index in [0.29, 0.717) is 23.6 Å². The van der Waals surface area contributed by atoms with Crippen LogP contribution in [0.25, 0.3) is 0 Å². The van der Waals surface area contributed by atoms with E-state index in [0.717, 1.165) is 6.42 Å². The third-order valence-corrected chi connectivity index (χ3v) is 3.42. The molecule has 0 aliphatic carbocycles. The fourth-order valence-corrected chi connectivity index (χ4v) is 2.24. The number of carbonyl (C=O) groups is 1. The highest BCUT2D eigenvalue weighted by atomic mass is 32.1. The van der Waals surface area contributed by atoms with Gasteiger partial charge in [0.2, 0.25) is 5.91 Å². The minimum atomic E-state index is -0.494. The molecule has 0 spiro atoms. The van der Waals surface area contributed by atoms with Crippen LogP contribution in [0.15, 0.2) is 35.7 Å². The Morgan fingerprint density at radius 3 is 2.78 bits per heavy atom. The summed E-state index contributed by atoms with van der Waals surface area (Å²) in [7, 11) is 0. The molecule has 0 atom stereocenters. The van der Waals surface area contributed by atoms with Gasteiger partial charge in [-0.05, 0) is 29.6 Å². The summed E-state index contributed by atoms with van der Waals surface area (Å²) in [6.45, 7) is 0.556. The monoisotopic (exact) mass is 262 g/mol. The minimum Gasteiger partial charge on any atom is -0.491 e. The highest BCUT2D eigenvalue weighted by Crippen LogP contribution is 2.22. The number of nitrogens with two attached hydrogens (primary N) is 2. The summed E-state index contributed by atoms with van der Waals surface area (Å²) in [5, 5.41) is 2.03. The molecule has 2 aromatic rings. The Kier molecular flexibility index (Phi) is 3.84. The van der Waals surface area contributed by atoms with E-state index in [4.69, 9.17) is 16.2 Å². The number of anilines is 1. The molecule has 0 saturated heterocycles. The predicted molar refractivity (Wildman–Crippen MR) is 72.9 cm³/mol. The molecule has 0 fully saturated rings. The first kappa shape index (κ1) is 12.4. The number of hydrogen-bond acceptors (Lipinski definition) is 4. The van der Waals surface area contributed by atoms with Crippen molar-refractivity contribution in [2.24, 2.45) is 5.73 Å². The van der Waals surface area contributed by atoms with Gasteiger partial charge in [-0.15, -0.1) is 11.3 Å². The normalized spacial score (nSPS) is 10.2. The molecule has 4 nitrogen and oxygen atoms in total. The van der Waals surface area contributed by atoms with Crippen molar-refractivity contribution in [3.05, 3.63) is 46.2 Å². The largest absolute Gasteiger partial charge is 0.491 e. The maximum atomic E-state index is 11.0. The summed E-state index contributed by atoms with van der Waals surface area (Å²) < 4.78 is 5.57. The Bertz CT molecular complexity index is 538. The molecule has 0 saturated carbocycles. The Balaban J connectivity index is 1.95. The maximum absolute atomic E-state index is 11.0. The van der Waals surface area contributed by atoms with Crippen molar-refractivity contribution in [1.29, 1.82) is 0 Å². The van der Waals surface area contributed by atoms with Crippen LogP contribution in [-0.4, -0.2) is 12.5 Å².